The number of hydrogen-bond acceptors (Lipinski definition) is 6. The number of hydrogen-bond donors (Lipinski definition) is 0. The summed E-state index contributed by atoms with van der Waals surface area (Å²) in [6, 6.07) is 4.03. The molecule has 31 heavy (non-hydrogen) atoms. The molecule has 1 aromatic rings. The van der Waals surface area contributed by atoms with E-state index in [0.717, 1.165) is 39.3 Å². The van der Waals surface area contributed by atoms with Crippen LogP contribution in [0, 0.1) is 5.41 Å². The second-order valence-corrected chi connectivity index (χ2v) is 8.58. The minimum Gasteiger partial charge on any atom is -0.395 e. The van der Waals surface area contributed by atoms with Gasteiger partial charge in [0.2, 0.25) is 5.91 Å². The van der Waals surface area contributed by atoms with E-state index in [2.05, 4.69) is 14.4 Å². The maximum atomic E-state index is 13.2. The second-order valence-electron chi connectivity index (χ2n) is 8.58. The van der Waals surface area contributed by atoms with E-state index in [4.69, 9.17) is 4.74 Å². The predicted molar refractivity (Wildman–Crippen MR) is 104 cm³/mol. The fraction of sp³-hybridized carbons (Fsp3) is 0.619. The molecule has 4 heterocycles. The summed E-state index contributed by atoms with van der Waals surface area (Å²) in [5.74, 6) is -0.434. The summed E-state index contributed by atoms with van der Waals surface area (Å²) in [7, 11) is 0. The summed E-state index contributed by atoms with van der Waals surface area (Å²) in [6.45, 7) is 6.26. The van der Waals surface area contributed by atoms with Crippen molar-refractivity contribution in [2.45, 2.75) is 19.1 Å². The minimum absolute atomic E-state index is 0.0960. The highest BCUT2D eigenvalue weighted by Crippen LogP contribution is 2.43. The van der Waals surface area contributed by atoms with E-state index in [0.29, 0.717) is 32.6 Å². The molecule has 4 aliphatic heterocycles. The standard InChI is InChI=1S/C21H25F2N3O5/c22-21(23)30-16-2-1-15(13-17(16)31-21)18(27)26-6-4-20(14-26)3-5-25(19(20)28)8-7-24-9-11-29-12-10-24/h1-2,13H,3-12,14H2. The van der Waals surface area contributed by atoms with Gasteiger partial charge < -0.3 is 24.0 Å². The number of nitrogens with zero attached hydrogens (tertiary/aromatic N) is 3. The average molecular weight is 437 g/mol. The van der Waals surface area contributed by atoms with Gasteiger partial charge in [0.1, 0.15) is 0 Å². The average Bonchev–Trinajstić information content (AvgIpc) is 3.42. The van der Waals surface area contributed by atoms with Gasteiger partial charge in [-0.25, -0.2) is 0 Å². The highest BCUT2D eigenvalue weighted by molar-refractivity contribution is 5.96. The van der Waals surface area contributed by atoms with Gasteiger partial charge in [0.25, 0.3) is 5.91 Å². The number of halogens is 2. The first-order valence-electron chi connectivity index (χ1n) is 10.6. The van der Waals surface area contributed by atoms with E-state index in [1.807, 2.05) is 4.90 Å². The summed E-state index contributed by atoms with van der Waals surface area (Å²) >= 11 is 0. The molecule has 0 aromatic heterocycles. The van der Waals surface area contributed by atoms with Gasteiger partial charge in [0, 0.05) is 51.4 Å². The van der Waals surface area contributed by atoms with Crippen molar-refractivity contribution < 1.29 is 32.6 Å². The molecule has 0 radical (unpaired) electrons. The van der Waals surface area contributed by atoms with E-state index in [-0.39, 0.29) is 28.9 Å². The molecular weight excluding hydrogens is 412 g/mol. The highest BCUT2D eigenvalue weighted by atomic mass is 19.3. The first-order valence-corrected chi connectivity index (χ1v) is 10.6. The molecule has 0 aliphatic carbocycles. The molecule has 168 valence electrons. The quantitative estimate of drug-likeness (QED) is 0.710. The summed E-state index contributed by atoms with van der Waals surface area (Å²) in [6.07, 6.45) is -2.37. The minimum atomic E-state index is -3.72. The van der Waals surface area contributed by atoms with Crippen LogP contribution in [-0.2, 0) is 9.53 Å². The fourth-order valence-electron chi connectivity index (χ4n) is 4.88. The molecule has 1 aromatic carbocycles. The maximum absolute atomic E-state index is 13.2. The van der Waals surface area contributed by atoms with Gasteiger partial charge in [0.05, 0.1) is 18.6 Å². The number of rotatable bonds is 4. The number of fused-ring (bicyclic) bond motifs is 1. The van der Waals surface area contributed by atoms with Gasteiger partial charge in [-0.05, 0) is 31.0 Å². The van der Waals surface area contributed by atoms with Gasteiger partial charge in [-0.1, -0.05) is 0 Å². The largest absolute Gasteiger partial charge is 0.586 e. The first kappa shape index (κ1) is 20.4. The van der Waals surface area contributed by atoms with Crippen LogP contribution in [0.25, 0.3) is 0 Å². The molecule has 0 saturated carbocycles. The zero-order valence-corrected chi connectivity index (χ0v) is 17.1. The van der Waals surface area contributed by atoms with Crippen LogP contribution in [-0.4, -0.2) is 91.8 Å². The van der Waals surface area contributed by atoms with Crippen LogP contribution in [0.1, 0.15) is 23.2 Å². The molecule has 3 saturated heterocycles. The molecule has 0 N–H and O–H groups in total. The van der Waals surface area contributed by atoms with Crippen molar-refractivity contribution in [2.24, 2.45) is 5.41 Å². The zero-order chi connectivity index (χ0) is 21.6. The number of carbonyl (C=O) groups is 2. The number of benzene rings is 1. The Morgan fingerprint density at radius 2 is 1.74 bits per heavy atom. The number of alkyl halides is 2. The lowest BCUT2D eigenvalue weighted by Gasteiger charge is -2.29. The molecule has 2 amide bonds. The van der Waals surface area contributed by atoms with Crippen LogP contribution >= 0.6 is 0 Å². The van der Waals surface area contributed by atoms with Crippen LogP contribution in [0.2, 0.25) is 0 Å². The predicted octanol–water partition coefficient (Wildman–Crippen LogP) is 1.40. The van der Waals surface area contributed by atoms with E-state index >= 15 is 0 Å². The maximum Gasteiger partial charge on any atom is 0.586 e. The lowest BCUT2D eigenvalue weighted by Crippen LogP contribution is -2.43. The highest BCUT2D eigenvalue weighted by Gasteiger charge is 2.51. The van der Waals surface area contributed by atoms with E-state index in [9.17, 15) is 18.4 Å². The molecule has 3 fully saturated rings. The third-order valence-corrected chi connectivity index (χ3v) is 6.68. The molecule has 1 unspecified atom stereocenters. The van der Waals surface area contributed by atoms with Gasteiger partial charge in [-0.3, -0.25) is 14.5 Å². The Morgan fingerprint density at radius 1 is 1.00 bits per heavy atom. The lowest BCUT2D eigenvalue weighted by atomic mass is 9.85. The summed E-state index contributed by atoms with van der Waals surface area (Å²) in [5.41, 5.74) is -0.295. The van der Waals surface area contributed by atoms with Crippen LogP contribution in [0.5, 0.6) is 11.5 Å². The third-order valence-electron chi connectivity index (χ3n) is 6.68. The van der Waals surface area contributed by atoms with Gasteiger partial charge >= 0.3 is 6.29 Å². The molecule has 1 atom stereocenters. The third kappa shape index (κ3) is 3.82. The van der Waals surface area contributed by atoms with Gasteiger partial charge in [-0.15, -0.1) is 8.78 Å². The van der Waals surface area contributed by atoms with Crippen molar-refractivity contribution in [1.82, 2.24) is 14.7 Å². The van der Waals surface area contributed by atoms with Crippen LogP contribution in [0.3, 0.4) is 0 Å². The van der Waals surface area contributed by atoms with Crippen molar-refractivity contribution in [3.8, 4) is 11.5 Å². The van der Waals surface area contributed by atoms with Gasteiger partial charge in [-0.2, -0.15) is 0 Å². The molecule has 4 aliphatic rings. The molecule has 8 nitrogen and oxygen atoms in total. The SMILES string of the molecule is O=C(c1ccc2c(c1)OC(F)(F)O2)N1CCC2(CCN(CCN3CCOCC3)C2=O)C1. The summed E-state index contributed by atoms with van der Waals surface area (Å²) < 4.78 is 40.7. The van der Waals surface area contributed by atoms with Crippen molar-refractivity contribution in [1.29, 1.82) is 0 Å². The molecule has 1 spiro atoms. The Labute approximate surface area is 178 Å². The number of likely N-dealkylation sites (tertiary alicyclic amines) is 2. The molecule has 5 rings (SSSR count). The van der Waals surface area contributed by atoms with Crippen molar-refractivity contribution in [3.05, 3.63) is 23.8 Å². The fourth-order valence-corrected chi connectivity index (χ4v) is 4.88. The van der Waals surface area contributed by atoms with Crippen molar-refractivity contribution in [3.63, 3.8) is 0 Å². The summed E-state index contributed by atoms with van der Waals surface area (Å²) in [4.78, 5) is 32.0. The molecule has 0 bridgehead atoms. The Kier molecular flexibility index (Phi) is 5.01. The Balaban J connectivity index is 1.21. The second kappa shape index (κ2) is 7.59. The van der Waals surface area contributed by atoms with Crippen molar-refractivity contribution in [2.75, 3.05) is 59.0 Å². The number of amides is 2. The number of carbonyl (C=O) groups excluding carboxylic acids is 2. The van der Waals surface area contributed by atoms with Crippen LogP contribution in [0.4, 0.5) is 8.78 Å². The Hall–Kier alpha value is -2.46. The van der Waals surface area contributed by atoms with Crippen LogP contribution < -0.4 is 9.47 Å². The monoisotopic (exact) mass is 437 g/mol. The molecular formula is C21H25F2N3O5. The van der Waals surface area contributed by atoms with Crippen molar-refractivity contribution >= 4 is 11.8 Å². The Bertz CT molecular complexity index is 892. The lowest BCUT2D eigenvalue weighted by molar-refractivity contribution is -0.286. The van der Waals surface area contributed by atoms with Gasteiger partial charge in [0.15, 0.2) is 11.5 Å². The van der Waals surface area contributed by atoms with E-state index < -0.39 is 11.7 Å². The zero-order valence-electron chi connectivity index (χ0n) is 17.1. The Morgan fingerprint density at radius 3 is 2.55 bits per heavy atom. The van der Waals surface area contributed by atoms with E-state index in [1.54, 1.807) is 4.90 Å². The summed E-state index contributed by atoms with van der Waals surface area (Å²) in [5, 5.41) is 0. The smallest absolute Gasteiger partial charge is 0.395 e. The number of morpholine rings is 1. The van der Waals surface area contributed by atoms with E-state index in [1.165, 1.54) is 18.2 Å². The van der Waals surface area contributed by atoms with Crippen LogP contribution in [0.15, 0.2) is 18.2 Å². The first-order chi connectivity index (χ1) is 14.9. The molecule has 10 heteroatoms. The number of ether oxygens (including phenoxy) is 3. The normalized spacial score (nSPS) is 27.5. The topological polar surface area (TPSA) is 71.6 Å².